The molecule has 6 nitrogen and oxygen atoms in total. The third-order valence-electron chi connectivity index (χ3n) is 2.13. The smallest absolute Gasteiger partial charge is 0.387 e. The molecule has 0 saturated carbocycles. The molecule has 0 aliphatic rings. The topological polar surface area (TPSA) is 95.9 Å². The number of aliphatic hydroxyl groups excluding tert-OH is 1. The van der Waals surface area contributed by atoms with Crippen LogP contribution in [0.5, 0.6) is 5.75 Å². The van der Waals surface area contributed by atoms with Crippen molar-refractivity contribution in [3.8, 4) is 5.75 Å². The summed E-state index contributed by atoms with van der Waals surface area (Å²) in [6, 6.07) is 3.27. The van der Waals surface area contributed by atoms with E-state index in [-0.39, 0.29) is 11.3 Å². The molecule has 0 aliphatic heterocycles. The quantitative estimate of drug-likeness (QED) is 0.701. The first-order valence-electron chi connectivity index (χ1n) is 5.13. The number of carboxylic acids is 1. The molecule has 1 aromatic rings. The molecule has 0 spiro atoms. The Bertz CT molecular complexity index is 449. The normalized spacial score (nSPS) is 12.0. The zero-order valence-corrected chi connectivity index (χ0v) is 9.55. The number of hydrogen-bond donors (Lipinski definition) is 3. The average Bonchev–Trinajstić information content (AvgIpc) is 2.35. The van der Waals surface area contributed by atoms with Crippen LogP contribution in [0.1, 0.15) is 10.4 Å². The molecule has 0 radical (unpaired) electrons. The van der Waals surface area contributed by atoms with Crippen molar-refractivity contribution in [2.24, 2.45) is 0 Å². The fourth-order valence-electron chi connectivity index (χ4n) is 1.21. The molecule has 0 fully saturated rings. The van der Waals surface area contributed by atoms with E-state index in [1.165, 1.54) is 12.1 Å². The molecular weight excluding hydrogens is 264 g/mol. The van der Waals surface area contributed by atoms with Gasteiger partial charge in [-0.15, -0.1) is 0 Å². The standard InChI is InChI=1S/C11H11F2NO5/c12-11(13)19-7-3-1-6(2-4-7)9(16)14-8(5-15)10(17)18/h1-4,8,11,15H,5H2,(H,14,16)(H,17,18)/t8-/m1/s1. The predicted molar refractivity (Wildman–Crippen MR) is 59.0 cm³/mol. The van der Waals surface area contributed by atoms with E-state index >= 15 is 0 Å². The van der Waals surface area contributed by atoms with Gasteiger partial charge in [0, 0.05) is 5.56 Å². The molecule has 1 rings (SSSR count). The van der Waals surface area contributed by atoms with E-state index in [0.717, 1.165) is 12.1 Å². The number of hydrogen-bond acceptors (Lipinski definition) is 4. The Morgan fingerprint density at radius 1 is 1.26 bits per heavy atom. The van der Waals surface area contributed by atoms with Crippen LogP contribution in [-0.4, -0.2) is 41.3 Å². The monoisotopic (exact) mass is 275 g/mol. The van der Waals surface area contributed by atoms with E-state index in [9.17, 15) is 18.4 Å². The van der Waals surface area contributed by atoms with Gasteiger partial charge in [-0.3, -0.25) is 4.79 Å². The summed E-state index contributed by atoms with van der Waals surface area (Å²) in [5, 5.41) is 19.4. The van der Waals surface area contributed by atoms with Crippen LogP contribution in [-0.2, 0) is 4.79 Å². The second kappa shape index (κ2) is 6.64. The number of aliphatic hydroxyl groups is 1. The van der Waals surface area contributed by atoms with Crippen LogP contribution in [0, 0.1) is 0 Å². The van der Waals surface area contributed by atoms with Gasteiger partial charge < -0.3 is 20.3 Å². The third kappa shape index (κ3) is 4.51. The first kappa shape index (κ1) is 14.8. The zero-order chi connectivity index (χ0) is 14.4. The number of carbonyl (C=O) groups is 2. The van der Waals surface area contributed by atoms with Gasteiger partial charge in [0.25, 0.3) is 5.91 Å². The van der Waals surface area contributed by atoms with Gasteiger partial charge in [0.2, 0.25) is 0 Å². The van der Waals surface area contributed by atoms with Crippen molar-refractivity contribution in [3.63, 3.8) is 0 Å². The summed E-state index contributed by atoms with van der Waals surface area (Å²) < 4.78 is 27.9. The Morgan fingerprint density at radius 3 is 2.26 bits per heavy atom. The molecule has 0 heterocycles. The van der Waals surface area contributed by atoms with Crippen molar-refractivity contribution in [1.82, 2.24) is 5.32 Å². The van der Waals surface area contributed by atoms with Gasteiger partial charge in [0.05, 0.1) is 6.61 Å². The number of carboxylic acid groups (broad SMARTS) is 1. The van der Waals surface area contributed by atoms with Gasteiger partial charge in [-0.2, -0.15) is 8.78 Å². The second-order valence-electron chi connectivity index (χ2n) is 3.45. The molecule has 0 aromatic heterocycles. The van der Waals surface area contributed by atoms with Gasteiger partial charge >= 0.3 is 12.6 Å². The van der Waals surface area contributed by atoms with Crippen LogP contribution in [0.15, 0.2) is 24.3 Å². The Hall–Kier alpha value is -2.22. The minimum Gasteiger partial charge on any atom is -0.480 e. The molecule has 8 heteroatoms. The lowest BCUT2D eigenvalue weighted by atomic mass is 10.2. The van der Waals surface area contributed by atoms with Crippen LogP contribution in [0.2, 0.25) is 0 Å². The van der Waals surface area contributed by atoms with Crippen molar-refractivity contribution in [1.29, 1.82) is 0 Å². The predicted octanol–water partition coefficient (Wildman–Crippen LogP) is 0.463. The van der Waals surface area contributed by atoms with Crippen LogP contribution < -0.4 is 10.1 Å². The number of carbonyl (C=O) groups excluding carboxylic acids is 1. The van der Waals surface area contributed by atoms with E-state index in [0.29, 0.717) is 0 Å². The summed E-state index contributed by atoms with van der Waals surface area (Å²) in [6.07, 6.45) is 0. The summed E-state index contributed by atoms with van der Waals surface area (Å²) in [4.78, 5) is 22.2. The Kier molecular flexibility index (Phi) is 5.19. The molecule has 104 valence electrons. The lowest BCUT2D eigenvalue weighted by Crippen LogP contribution is -2.43. The molecule has 19 heavy (non-hydrogen) atoms. The van der Waals surface area contributed by atoms with E-state index in [4.69, 9.17) is 10.2 Å². The minimum absolute atomic E-state index is 0.0568. The summed E-state index contributed by atoms with van der Waals surface area (Å²) in [5.74, 6) is -2.25. The maximum absolute atomic E-state index is 11.9. The van der Waals surface area contributed by atoms with Crippen LogP contribution in [0.25, 0.3) is 0 Å². The van der Waals surface area contributed by atoms with Crippen LogP contribution in [0.3, 0.4) is 0 Å². The Labute approximate surface area is 106 Å². The molecule has 0 unspecified atom stereocenters. The van der Waals surface area contributed by atoms with Crippen molar-refractivity contribution >= 4 is 11.9 Å². The summed E-state index contributed by atoms with van der Waals surface area (Å²) in [5.41, 5.74) is 0.0568. The maximum Gasteiger partial charge on any atom is 0.387 e. The van der Waals surface area contributed by atoms with E-state index in [1.807, 2.05) is 0 Å². The lowest BCUT2D eigenvalue weighted by molar-refractivity contribution is -0.140. The average molecular weight is 275 g/mol. The largest absolute Gasteiger partial charge is 0.480 e. The van der Waals surface area contributed by atoms with Crippen molar-refractivity contribution in [2.75, 3.05) is 6.61 Å². The third-order valence-corrected chi connectivity index (χ3v) is 2.13. The fraction of sp³-hybridized carbons (Fsp3) is 0.273. The van der Waals surface area contributed by atoms with Crippen molar-refractivity contribution < 1.29 is 33.3 Å². The Balaban J connectivity index is 2.70. The molecule has 1 amide bonds. The Morgan fingerprint density at radius 2 is 1.84 bits per heavy atom. The minimum atomic E-state index is -2.97. The van der Waals surface area contributed by atoms with E-state index in [1.54, 1.807) is 0 Å². The van der Waals surface area contributed by atoms with Gasteiger partial charge in [0.15, 0.2) is 6.04 Å². The molecule has 0 aliphatic carbocycles. The number of benzene rings is 1. The van der Waals surface area contributed by atoms with Gasteiger partial charge in [-0.1, -0.05) is 0 Å². The van der Waals surface area contributed by atoms with Crippen molar-refractivity contribution in [3.05, 3.63) is 29.8 Å². The zero-order valence-electron chi connectivity index (χ0n) is 9.55. The summed E-state index contributed by atoms with van der Waals surface area (Å²) in [6.45, 7) is -3.72. The van der Waals surface area contributed by atoms with Gasteiger partial charge in [-0.05, 0) is 24.3 Å². The fourth-order valence-corrected chi connectivity index (χ4v) is 1.21. The first-order valence-corrected chi connectivity index (χ1v) is 5.13. The molecular formula is C11H11F2NO5. The van der Waals surface area contributed by atoms with Crippen LogP contribution in [0.4, 0.5) is 8.78 Å². The summed E-state index contributed by atoms with van der Waals surface area (Å²) >= 11 is 0. The highest BCUT2D eigenvalue weighted by Gasteiger charge is 2.19. The maximum atomic E-state index is 11.9. The molecule has 0 saturated heterocycles. The number of aliphatic carboxylic acids is 1. The second-order valence-corrected chi connectivity index (χ2v) is 3.45. The number of ether oxygens (including phenoxy) is 1. The van der Waals surface area contributed by atoms with E-state index < -0.39 is 31.1 Å². The number of halogens is 2. The number of nitrogens with one attached hydrogen (secondary N) is 1. The molecule has 3 N–H and O–H groups in total. The number of alkyl halides is 2. The summed E-state index contributed by atoms with van der Waals surface area (Å²) in [7, 11) is 0. The SMILES string of the molecule is O=C(N[C@H](CO)C(=O)O)c1ccc(OC(F)F)cc1. The molecule has 1 aromatic carbocycles. The lowest BCUT2D eigenvalue weighted by Gasteiger charge is -2.11. The highest BCUT2D eigenvalue weighted by atomic mass is 19.3. The van der Waals surface area contributed by atoms with Crippen molar-refractivity contribution in [2.45, 2.75) is 12.7 Å². The van der Waals surface area contributed by atoms with Gasteiger partial charge in [-0.25, -0.2) is 4.79 Å². The highest BCUT2D eigenvalue weighted by Crippen LogP contribution is 2.14. The number of amides is 1. The first-order chi connectivity index (χ1) is 8.93. The van der Waals surface area contributed by atoms with Crippen LogP contribution >= 0.6 is 0 Å². The molecule has 0 bridgehead atoms. The number of rotatable bonds is 6. The van der Waals surface area contributed by atoms with Gasteiger partial charge in [0.1, 0.15) is 5.75 Å². The van der Waals surface area contributed by atoms with E-state index in [2.05, 4.69) is 10.1 Å². The highest BCUT2D eigenvalue weighted by molar-refractivity contribution is 5.96. The molecule has 1 atom stereocenters.